The topological polar surface area (TPSA) is 73.5 Å². The molecule has 0 aromatic rings. The van der Waals surface area contributed by atoms with Crippen LogP contribution in [0.5, 0.6) is 0 Å². The predicted molar refractivity (Wildman–Crippen MR) is 67.2 cm³/mol. The van der Waals surface area contributed by atoms with E-state index in [9.17, 15) is 10.2 Å². The fourth-order valence-electron chi connectivity index (χ4n) is 1.16. The maximum Gasteiger partial charge on any atom is 0.208 e. The van der Waals surface area contributed by atoms with E-state index in [1.54, 1.807) is 0 Å². The first-order chi connectivity index (χ1) is 7.49. The minimum atomic E-state index is -1.33. The molecule has 0 saturated heterocycles. The first-order valence-corrected chi connectivity index (χ1v) is 6.62. The zero-order valence-electron chi connectivity index (χ0n) is 9.60. The van der Waals surface area contributed by atoms with E-state index in [0.717, 1.165) is 19.3 Å². The minimum absolute atomic E-state index is 0.226. The van der Waals surface area contributed by atoms with Gasteiger partial charge in [-0.1, -0.05) is 26.2 Å². The minimum Gasteiger partial charge on any atom is -0.513 e. The number of nitrogens with zero attached hydrogens (tertiary/aromatic N) is 1. The molecule has 0 aliphatic heterocycles. The third-order valence-electron chi connectivity index (χ3n) is 2.12. The molecule has 1 radical (unpaired) electrons. The Morgan fingerprint density at radius 3 is 2.69 bits per heavy atom. The van der Waals surface area contributed by atoms with Crippen molar-refractivity contribution < 1.29 is 14.9 Å². The highest BCUT2D eigenvalue weighted by Gasteiger charge is 2.25. The van der Waals surface area contributed by atoms with Crippen LogP contribution in [0.25, 0.3) is 0 Å². The maximum atomic E-state index is 9.49. The van der Waals surface area contributed by atoms with Crippen molar-refractivity contribution in [1.29, 1.82) is 5.26 Å². The van der Waals surface area contributed by atoms with Crippen molar-refractivity contribution in [1.82, 2.24) is 0 Å². The summed E-state index contributed by atoms with van der Waals surface area (Å²) in [6.07, 6.45) is 2.25. The van der Waals surface area contributed by atoms with Crippen LogP contribution in [-0.4, -0.2) is 42.5 Å². The molecule has 91 valence electrons. The number of hydrogen-bond donors (Lipinski definition) is 3. The molecule has 0 heterocycles. The predicted octanol–water partition coefficient (Wildman–Crippen LogP) is 0.888. The fraction of sp³-hybridized carbons (Fsp3) is 0.800. The van der Waals surface area contributed by atoms with Gasteiger partial charge in [0, 0.05) is 7.11 Å². The summed E-state index contributed by atoms with van der Waals surface area (Å²) >= 11 is 4.27. The molecule has 2 atom stereocenters. The van der Waals surface area contributed by atoms with E-state index >= 15 is 0 Å². The Morgan fingerprint density at radius 2 is 2.25 bits per heavy atom. The van der Waals surface area contributed by atoms with Gasteiger partial charge in [0.05, 0.1) is 6.07 Å². The summed E-state index contributed by atoms with van der Waals surface area (Å²) in [4.78, 5) is 0. The molecule has 0 aliphatic carbocycles. The molecular weight excluding hydrogens is 242 g/mol. The van der Waals surface area contributed by atoms with Gasteiger partial charge in [0.2, 0.25) is 6.29 Å². The average molecular weight is 260 g/mol. The van der Waals surface area contributed by atoms with Crippen molar-refractivity contribution >= 4 is 27.1 Å². The van der Waals surface area contributed by atoms with E-state index < -0.39 is 10.7 Å². The Labute approximate surface area is 104 Å². The molecule has 0 aromatic carbocycles. The molecule has 0 amide bonds. The van der Waals surface area contributed by atoms with E-state index in [1.807, 2.05) is 0 Å². The second-order valence-corrected chi connectivity index (χ2v) is 6.33. The van der Waals surface area contributed by atoms with Crippen molar-refractivity contribution in [2.45, 2.75) is 43.3 Å². The van der Waals surface area contributed by atoms with Gasteiger partial charge in [-0.25, -0.2) is 0 Å². The lowest BCUT2D eigenvalue weighted by Crippen LogP contribution is -2.34. The molecule has 2 unspecified atom stereocenters. The lowest BCUT2D eigenvalue weighted by Gasteiger charge is -2.17. The van der Waals surface area contributed by atoms with Crippen LogP contribution in [0.4, 0.5) is 0 Å². The number of rotatable bonds is 7. The summed E-state index contributed by atoms with van der Waals surface area (Å²) in [6, 6.07) is 2.08. The number of aliphatic hydroxyl groups is 2. The van der Waals surface area contributed by atoms with Gasteiger partial charge in [0.1, 0.15) is 18.9 Å². The summed E-state index contributed by atoms with van der Waals surface area (Å²) < 4.78 is 3.66. The third kappa shape index (κ3) is 5.65. The van der Waals surface area contributed by atoms with Gasteiger partial charge in [-0.3, -0.25) is 0 Å². The number of methoxy groups -OCH3 is 1. The Morgan fingerprint density at radius 1 is 1.62 bits per heavy atom. The highest BCUT2D eigenvalue weighted by atomic mass is 32.1. The first kappa shape index (κ1) is 15.6. The maximum absolute atomic E-state index is 9.49. The van der Waals surface area contributed by atoms with Crippen molar-refractivity contribution in [3.8, 4) is 6.07 Å². The molecule has 0 fully saturated rings. The van der Waals surface area contributed by atoms with Gasteiger partial charge >= 0.3 is 0 Å². The molecular formula is C10H18NO3SSi. The lowest BCUT2D eigenvalue weighted by molar-refractivity contribution is -0.0290. The van der Waals surface area contributed by atoms with E-state index in [0.29, 0.717) is 6.42 Å². The molecule has 0 aliphatic rings. The van der Waals surface area contributed by atoms with Crippen molar-refractivity contribution in [2.24, 2.45) is 0 Å². The summed E-state index contributed by atoms with van der Waals surface area (Å²) in [5.74, 6) is 0. The van der Waals surface area contributed by atoms with Crippen molar-refractivity contribution in [2.75, 3.05) is 7.11 Å². The Bertz CT molecular complexity index is 280. The van der Waals surface area contributed by atoms with Crippen LogP contribution in [0.15, 0.2) is 0 Å². The highest BCUT2D eigenvalue weighted by molar-refractivity contribution is 7.83. The van der Waals surface area contributed by atoms with Crippen molar-refractivity contribution in [3.05, 3.63) is 0 Å². The Balaban J connectivity index is 4.52. The number of unbranched alkanes of at least 4 members (excludes halogenated alkanes) is 2. The number of aliphatic hydroxyl groups excluding tert-OH is 2. The van der Waals surface area contributed by atoms with Gasteiger partial charge < -0.3 is 14.9 Å². The normalized spacial score (nSPS) is 17.6. The number of nitriles is 1. The summed E-state index contributed by atoms with van der Waals surface area (Å²) in [5.41, 5.74) is 0. The third-order valence-corrected chi connectivity index (χ3v) is 4.06. The largest absolute Gasteiger partial charge is 0.513 e. The second kappa shape index (κ2) is 7.85. The first-order valence-electron chi connectivity index (χ1n) is 5.17. The van der Waals surface area contributed by atoms with E-state index in [1.165, 1.54) is 7.11 Å². The van der Waals surface area contributed by atoms with Crippen LogP contribution in [-0.2, 0) is 4.74 Å². The van der Waals surface area contributed by atoms with E-state index in [2.05, 4.69) is 30.4 Å². The monoisotopic (exact) mass is 260 g/mol. The number of ether oxygens (including phenoxy) is 1. The van der Waals surface area contributed by atoms with Gasteiger partial charge in [0.25, 0.3) is 0 Å². The average Bonchev–Trinajstić information content (AvgIpc) is 2.28. The molecule has 0 rings (SSSR count). The molecule has 4 nitrogen and oxygen atoms in total. The number of thiol groups is 1. The lowest BCUT2D eigenvalue weighted by atomic mass is 10.1. The van der Waals surface area contributed by atoms with Gasteiger partial charge in [0.15, 0.2) is 0 Å². The zero-order chi connectivity index (χ0) is 12.6. The Hall–Kier alpha value is -0.353. The molecule has 0 aromatic heterocycles. The molecule has 0 spiro atoms. The fourth-order valence-corrected chi connectivity index (χ4v) is 2.69. The summed E-state index contributed by atoms with van der Waals surface area (Å²) in [7, 11) is 1.04. The number of hydrogen-bond acceptors (Lipinski definition) is 5. The van der Waals surface area contributed by atoms with Gasteiger partial charge in [-0.15, -0.1) is 0 Å². The summed E-state index contributed by atoms with van der Waals surface area (Å²) in [5, 5.41) is 27.5. The molecule has 6 heteroatoms. The smallest absolute Gasteiger partial charge is 0.208 e. The Kier molecular flexibility index (Phi) is 7.67. The van der Waals surface area contributed by atoms with Crippen LogP contribution < -0.4 is 0 Å². The van der Waals surface area contributed by atoms with Gasteiger partial charge in [-0.05, 0) is 6.42 Å². The van der Waals surface area contributed by atoms with Crippen LogP contribution >= 0.6 is 12.6 Å². The van der Waals surface area contributed by atoms with Crippen LogP contribution in [0.2, 0.25) is 0 Å². The van der Waals surface area contributed by atoms with Gasteiger partial charge in [-0.2, -0.15) is 17.9 Å². The highest BCUT2D eigenvalue weighted by Crippen LogP contribution is 2.19. The SMILES string of the molecule is CCCCCC(S)(C#N)[Si]=C(O)C(O)OC. The van der Waals surface area contributed by atoms with E-state index in [4.69, 9.17) is 5.26 Å². The molecule has 2 N–H and O–H groups in total. The second-order valence-electron chi connectivity index (χ2n) is 3.53. The van der Waals surface area contributed by atoms with Crippen LogP contribution in [0.3, 0.4) is 0 Å². The standard InChI is InChI=1S/C10H18NO3SSi/c1-3-4-5-6-10(15,7-11)16-9(13)8(12)14-2/h8,12-13,15H,3-6H2,1-2H3. The molecule has 0 saturated carbocycles. The molecule has 0 bridgehead atoms. The van der Waals surface area contributed by atoms with Crippen molar-refractivity contribution in [3.63, 3.8) is 0 Å². The van der Waals surface area contributed by atoms with Crippen LogP contribution in [0.1, 0.15) is 32.6 Å². The van der Waals surface area contributed by atoms with Crippen LogP contribution in [0, 0.1) is 11.3 Å². The quantitative estimate of drug-likeness (QED) is 0.275. The summed E-state index contributed by atoms with van der Waals surface area (Å²) in [6.45, 7) is 2.08. The molecule has 16 heavy (non-hydrogen) atoms. The van der Waals surface area contributed by atoms with E-state index in [-0.39, 0.29) is 14.5 Å². The zero-order valence-corrected chi connectivity index (χ0v) is 11.5.